The van der Waals surface area contributed by atoms with Gasteiger partial charge in [0.2, 0.25) is 0 Å². The number of carbonyl (C=O) groups excluding carboxylic acids is 3. The third-order valence-electron chi connectivity index (χ3n) is 10.8. The van der Waals surface area contributed by atoms with Gasteiger partial charge in [-0.3, -0.25) is 14.4 Å². The van der Waals surface area contributed by atoms with E-state index in [1.165, 1.54) is 122 Å². The average Bonchev–Trinajstić information content (AvgIpc) is 3.23. The maximum absolute atomic E-state index is 12.8. The maximum Gasteiger partial charge on any atom is 0.306 e. The van der Waals surface area contributed by atoms with Gasteiger partial charge in [-0.25, -0.2) is 0 Å². The molecule has 59 heavy (non-hydrogen) atoms. The van der Waals surface area contributed by atoms with E-state index in [-0.39, 0.29) is 31.1 Å². The van der Waals surface area contributed by atoms with Gasteiger partial charge in [-0.1, -0.05) is 204 Å². The lowest BCUT2D eigenvalue weighted by molar-refractivity contribution is -0.167. The summed E-state index contributed by atoms with van der Waals surface area (Å²) in [6.07, 6.45) is 56.7. The van der Waals surface area contributed by atoms with Crippen LogP contribution in [0.5, 0.6) is 0 Å². The van der Waals surface area contributed by atoms with Gasteiger partial charge in [0, 0.05) is 19.3 Å². The number of hydrogen-bond donors (Lipinski definition) is 0. The summed E-state index contributed by atoms with van der Waals surface area (Å²) in [4.78, 5) is 37.8. The minimum absolute atomic E-state index is 0.0782. The van der Waals surface area contributed by atoms with Gasteiger partial charge in [0.1, 0.15) is 13.2 Å². The van der Waals surface area contributed by atoms with Crippen molar-refractivity contribution in [1.82, 2.24) is 0 Å². The lowest BCUT2D eigenvalue weighted by Crippen LogP contribution is -2.30. The summed E-state index contributed by atoms with van der Waals surface area (Å²) in [5.41, 5.74) is 0. The Morgan fingerprint density at radius 1 is 0.356 bits per heavy atom. The first-order valence-corrected chi connectivity index (χ1v) is 25.1. The summed E-state index contributed by atoms with van der Waals surface area (Å²) < 4.78 is 16.7. The van der Waals surface area contributed by atoms with Crippen LogP contribution in [-0.4, -0.2) is 37.2 Å². The number of unbranched alkanes of at least 4 members (excludes halogenated alkanes) is 26. The molecule has 0 amide bonds. The molecule has 0 saturated carbocycles. The zero-order valence-corrected chi connectivity index (χ0v) is 39.0. The van der Waals surface area contributed by atoms with E-state index in [1.54, 1.807) is 0 Å². The first-order valence-electron chi connectivity index (χ1n) is 25.1. The summed E-state index contributed by atoms with van der Waals surface area (Å²) in [7, 11) is 0. The second-order valence-corrected chi connectivity index (χ2v) is 16.7. The molecule has 342 valence electrons. The summed E-state index contributed by atoms with van der Waals surface area (Å²) >= 11 is 0. The standard InChI is InChI=1S/C53H94O6/c1-4-7-10-13-16-19-21-23-25-27-29-30-32-34-37-40-43-46-52(55)58-49-50(48-57-51(54)45-42-39-36-18-15-12-9-6-3)59-53(56)47-44-41-38-35-33-31-28-26-24-22-20-17-14-11-8-5-2/h7,10,16,19,23,25-26,28,50H,4-6,8-9,11-15,17-18,20-22,24,27,29-49H2,1-3H3/b10-7-,19-16-,25-23-,28-26-. The van der Waals surface area contributed by atoms with Gasteiger partial charge in [0.25, 0.3) is 0 Å². The molecule has 0 spiro atoms. The topological polar surface area (TPSA) is 78.9 Å². The monoisotopic (exact) mass is 827 g/mol. The number of allylic oxidation sites excluding steroid dienone is 8. The van der Waals surface area contributed by atoms with Gasteiger partial charge >= 0.3 is 17.9 Å². The number of rotatable bonds is 45. The average molecular weight is 827 g/mol. The Labute approximate surface area is 365 Å². The summed E-state index contributed by atoms with van der Waals surface area (Å²) in [5.74, 6) is -0.896. The second kappa shape index (κ2) is 48.0. The Morgan fingerprint density at radius 2 is 0.661 bits per heavy atom. The summed E-state index contributed by atoms with van der Waals surface area (Å²) in [6, 6.07) is 0. The van der Waals surface area contributed by atoms with E-state index in [0.29, 0.717) is 19.3 Å². The van der Waals surface area contributed by atoms with Crippen LogP contribution in [0.25, 0.3) is 0 Å². The predicted octanol–water partition coefficient (Wildman–Crippen LogP) is 16.3. The number of hydrogen-bond acceptors (Lipinski definition) is 6. The zero-order chi connectivity index (χ0) is 43.0. The zero-order valence-electron chi connectivity index (χ0n) is 39.0. The molecule has 0 rings (SSSR count). The van der Waals surface area contributed by atoms with Crippen LogP contribution in [0.3, 0.4) is 0 Å². The van der Waals surface area contributed by atoms with Crippen molar-refractivity contribution in [2.24, 2.45) is 0 Å². The van der Waals surface area contributed by atoms with Crippen molar-refractivity contribution < 1.29 is 28.6 Å². The highest BCUT2D eigenvalue weighted by Gasteiger charge is 2.19. The van der Waals surface area contributed by atoms with E-state index in [9.17, 15) is 14.4 Å². The van der Waals surface area contributed by atoms with Gasteiger partial charge in [-0.15, -0.1) is 0 Å². The second-order valence-electron chi connectivity index (χ2n) is 16.7. The van der Waals surface area contributed by atoms with E-state index in [0.717, 1.165) is 89.9 Å². The lowest BCUT2D eigenvalue weighted by Gasteiger charge is -2.18. The van der Waals surface area contributed by atoms with Crippen molar-refractivity contribution in [3.05, 3.63) is 48.6 Å². The van der Waals surface area contributed by atoms with Crippen molar-refractivity contribution >= 4 is 17.9 Å². The fraction of sp³-hybridized carbons (Fsp3) is 0.792. The van der Waals surface area contributed by atoms with E-state index < -0.39 is 6.10 Å². The highest BCUT2D eigenvalue weighted by molar-refractivity contribution is 5.71. The van der Waals surface area contributed by atoms with E-state index in [2.05, 4.69) is 69.4 Å². The molecule has 1 unspecified atom stereocenters. The van der Waals surface area contributed by atoms with Gasteiger partial charge in [0.15, 0.2) is 6.10 Å². The molecular formula is C53H94O6. The van der Waals surface area contributed by atoms with E-state index in [4.69, 9.17) is 14.2 Å². The SMILES string of the molecule is CC/C=C\C/C=C\C/C=C\CCCCCCCCCC(=O)OCC(COC(=O)CCCCCCCCCC)OC(=O)CCCCCCC/C=C\CCCCCCCCC. The summed E-state index contributed by atoms with van der Waals surface area (Å²) in [5, 5.41) is 0. The van der Waals surface area contributed by atoms with Crippen LogP contribution in [0.4, 0.5) is 0 Å². The van der Waals surface area contributed by atoms with Gasteiger partial charge in [0.05, 0.1) is 0 Å². The molecule has 0 aliphatic carbocycles. The minimum Gasteiger partial charge on any atom is -0.462 e. The molecule has 0 aromatic rings. The Hall–Kier alpha value is -2.63. The molecule has 0 aliphatic heterocycles. The van der Waals surface area contributed by atoms with Crippen LogP contribution in [0.15, 0.2) is 48.6 Å². The van der Waals surface area contributed by atoms with E-state index in [1.807, 2.05) is 0 Å². The molecular weight excluding hydrogens is 733 g/mol. The molecule has 6 heteroatoms. The van der Waals surface area contributed by atoms with Crippen LogP contribution in [0.2, 0.25) is 0 Å². The molecule has 0 N–H and O–H groups in total. The number of ether oxygens (including phenoxy) is 3. The molecule has 0 aromatic heterocycles. The smallest absolute Gasteiger partial charge is 0.306 e. The van der Waals surface area contributed by atoms with Gasteiger partial charge in [-0.2, -0.15) is 0 Å². The molecule has 0 radical (unpaired) electrons. The van der Waals surface area contributed by atoms with Crippen molar-refractivity contribution in [3.8, 4) is 0 Å². The number of esters is 3. The van der Waals surface area contributed by atoms with Gasteiger partial charge in [-0.05, 0) is 77.0 Å². The Balaban J connectivity index is 4.32. The van der Waals surface area contributed by atoms with Crippen LogP contribution in [-0.2, 0) is 28.6 Å². The van der Waals surface area contributed by atoms with Crippen LogP contribution in [0, 0.1) is 0 Å². The first-order chi connectivity index (χ1) is 29.0. The lowest BCUT2D eigenvalue weighted by atomic mass is 10.1. The molecule has 0 saturated heterocycles. The van der Waals surface area contributed by atoms with Crippen LogP contribution >= 0.6 is 0 Å². The quantitative estimate of drug-likeness (QED) is 0.0263. The van der Waals surface area contributed by atoms with Crippen LogP contribution in [0.1, 0.15) is 252 Å². The molecule has 0 fully saturated rings. The highest BCUT2D eigenvalue weighted by Crippen LogP contribution is 2.14. The largest absolute Gasteiger partial charge is 0.462 e. The maximum atomic E-state index is 12.8. The number of carbonyl (C=O) groups is 3. The van der Waals surface area contributed by atoms with Crippen molar-refractivity contribution in [3.63, 3.8) is 0 Å². The molecule has 0 aromatic carbocycles. The normalized spacial score (nSPS) is 12.4. The Bertz CT molecular complexity index is 1040. The molecule has 1 atom stereocenters. The fourth-order valence-electron chi connectivity index (χ4n) is 7.04. The Kier molecular flexibility index (Phi) is 45.9. The Morgan fingerprint density at radius 3 is 1.05 bits per heavy atom. The highest BCUT2D eigenvalue weighted by atomic mass is 16.6. The summed E-state index contributed by atoms with van der Waals surface area (Å²) in [6.45, 7) is 6.49. The molecule has 6 nitrogen and oxygen atoms in total. The van der Waals surface area contributed by atoms with Crippen molar-refractivity contribution in [1.29, 1.82) is 0 Å². The third-order valence-corrected chi connectivity index (χ3v) is 10.8. The first kappa shape index (κ1) is 56.4. The van der Waals surface area contributed by atoms with Crippen LogP contribution < -0.4 is 0 Å². The molecule has 0 heterocycles. The van der Waals surface area contributed by atoms with E-state index >= 15 is 0 Å². The van der Waals surface area contributed by atoms with Crippen molar-refractivity contribution in [2.75, 3.05) is 13.2 Å². The fourth-order valence-corrected chi connectivity index (χ4v) is 7.04. The van der Waals surface area contributed by atoms with Crippen molar-refractivity contribution in [2.45, 2.75) is 258 Å². The predicted molar refractivity (Wildman–Crippen MR) is 252 cm³/mol. The third kappa shape index (κ3) is 46.3. The minimum atomic E-state index is -0.777. The van der Waals surface area contributed by atoms with Gasteiger partial charge < -0.3 is 14.2 Å². The molecule has 0 bridgehead atoms. The molecule has 0 aliphatic rings.